The van der Waals surface area contributed by atoms with Crippen LogP contribution in [0.15, 0.2) is 30.3 Å². The van der Waals surface area contributed by atoms with E-state index < -0.39 is 0 Å². The van der Waals surface area contributed by atoms with Gasteiger partial charge in [0, 0.05) is 13.0 Å². The fraction of sp³-hybridized carbons (Fsp3) is 0.389. The zero-order valence-electron chi connectivity index (χ0n) is 15.0. The van der Waals surface area contributed by atoms with Crippen LogP contribution < -0.4 is 20.1 Å². The van der Waals surface area contributed by atoms with Crippen molar-refractivity contribution in [3.05, 3.63) is 35.9 Å². The molecule has 1 amide bonds. The molecule has 0 aliphatic rings. The summed E-state index contributed by atoms with van der Waals surface area (Å²) in [6.45, 7) is 4.55. The van der Waals surface area contributed by atoms with Crippen LogP contribution in [0, 0.1) is 5.92 Å². The first-order chi connectivity index (χ1) is 12.0. The van der Waals surface area contributed by atoms with Crippen LogP contribution in [0.25, 0.3) is 0 Å². The van der Waals surface area contributed by atoms with Crippen molar-refractivity contribution in [2.45, 2.75) is 26.8 Å². The summed E-state index contributed by atoms with van der Waals surface area (Å²) in [5.41, 5.74) is 1.02. The first kappa shape index (κ1) is 18.5. The molecule has 0 spiro atoms. The molecule has 2 N–H and O–H groups in total. The highest BCUT2D eigenvalue weighted by atomic mass is 16.5. The molecule has 134 valence electrons. The molecule has 0 saturated heterocycles. The summed E-state index contributed by atoms with van der Waals surface area (Å²) in [6, 6.07) is 9.21. The molecule has 0 saturated carbocycles. The van der Waals surface area contributed by atoms with Crippen LogP contribution in [-0.4, -0.2) is 30.3 Å². The topological polar surface area (TPSA) is 85.4 Å². The Morgan fingerprint density at radius 3 is 2.32 bits per heavy atom. The van der Waals surface area contributed by atoms with E-state index in [-0.39, 0.29) is 5.91 Å². The van der Waals surface area contributed by atoms with E-state index in [9.17, 15) is 4.79 Å². The molecule has 1 heterocycles. The molecule has 1 aromatic heterocycles. The number of anilines is 2. The fourth-order valence-electron chi connectivity index (χ4n) is 2.24. The van der Waals surface area contributed by atoms with Crippen LogP contribution in [0.4, 0.5) is 11.6 Å². The maximum absolute atomic E-state index is 11.7. The van der Waals surface area contributed by atoms with E-state index in [1.165, 1.54) is 0 Å². The van der Waals surface area contributed by atoms with Crippen LogP contribution >= 0.6 is 0 Å². The number of nitrogens with zero attached hydrogens (tertiary/aromatic N) is 2. The second-order valence-electron chi connectivity index (χ2n) is 5.99. The third kappa shape index (κ3) is 5.63. The SMILES string of the molecule is COc1ccc(CNc2ccc(NC(=O)CC(C)C)nn2)cc1OC. The van der Waals surface area contributed by atoms with Gasteiger partial charge < -0.3 is 20.1 Å². The van der Waals surface area contributed by atoms with Crippen LogP contribution in [0.2, 0.25) is 0 Å². The van der Waals surface area contributed by atoms with Crippen LogP contribution in [0.1, 0.15) is 25.8 Å². The minimum Gasteiger partial charge on any atom is -0.493 e. The molecule has 7 heteroatoms. The van der Waals surface area contributed by atoms with Gasteiger partial charge in [0.1, 0.15) is 5.82 Å². The summed E-state index contributed by atoms with van der Waals surface area (Å²) in [5.74, 6) is 2.67. The molecule has 0 aliphatic carbocycles. The normalized spacial score (nSPS) is 10.4. The number of hydrogen-bond donors (Lipinski definition) is 2. The number of carbonyl (C=O) groups excluding carboxylic acids is 1. The molecule has 2 aromatic rings. The largest absolute Gasteiger partial charge is 0.493 e. The zero-order valence-corrected chi connectivity index (χ0v) is 15.0. The highest BCUT2D eigenvalue weighted by Crippen LogP contribution is 2.27. The van der Waals surface area contributed by atoms with E-state index in [0.29, 0.717) is 42.0 Å². The maximum atomic E-state index is 11.7. The average molecular weight is 344 g/mol. The molecular formula is C18H24N4O3. The van der Waals surface area contributed by atoms with Crippen LogP contribution in [-0.2, 0) is 11.3 Å². The molecular weight excluding hydrogens is 320 g/mol. The van der Waals surface area contributed by atoms with Crippen LogP contribution in [0.5, 0.6) is 11.5 Å². The fourth-order valence-corrected chi connectivity index (χ4v) is 2.24. The van der Waals surface area contributed by atoms with Crippen molar-refractivity contribution in [1.29, 1.82) is 0 Å². The summed E-state index contributed by atoms with van der Waals surface area (Å²) in [4.78, 5) is 11.7. The van der Waals surface area contributed by atoms with Gasteiger partial charge in [0.05, 0.1) is 14.2 Å². The molecule has 0 aliphatic heterocycles. The van der Waals surface area contributed by atoms with E-state index in [1.807, 2.05) is 32.0 Å². The first-order valence-corrected chi connectivity index (χ1v) is 8.10. The molecule has 0 bridgehead atoms. The molecule has 0 atom stereocenters. The second kappa shape index (κ2) is 8.86. The Morgan fingerprint density at radius 2 is 1.72 bits per heavy atom. The number of nitrogens with one attached hydrogen (secondary N) is 2. The number of amides is 1. The summed E-state index contributed by atoms with van der Waals surface area (Å²) in [5, 5.41) is 14.0. The Hall–Kier alpha value is -2.83. The predicted molar refractivity (Wildman–Crippen MR) is 97.0 cm³/mol. The lowest BCUT2D eigenvalue weighted by Crippen LogP contribution is -2.15. The quantitative estimate of drug-likeness (QED) is 0.765. The van der Waals surface area contributed by atoms with E-state index in [0.717, 1.165) is 5.56 Å². The lowest BCUT2D eigenvalue weighted by Gasteiger charge is -2.11. The van der Waals surface area contributed by atoms with Gasteiger partial charge in [0.15, 0.2) is 17.3 Å². The third-order valence-corrected chi connectivity index (χ3v) is 3.45. The van der Waals surface area contributed by atoms with E-state index in [2.05, 4.69) is 20.8 Å². The minimum atomic E-state index is -0.0599. The number of hydrogen-bond acceptors (Lipinski definition) is 6. The van der Waals surface area contributed by atoms with E-state index in [4.69, 9.17) is 9.47 Å². The summed E-state index contributed by atoms with van der Waals surface area (Å²) < 4.78 is 10.5. The van der Waals surface area contributed by atoms with Crippen molar-refractivity contribution >= 4 is 17.5 Å². The molecule has 25 heavy (non-hydrogen) atoms. The molecule has 0 radical (unpaired) electrons. The second-order valence-corrected chi connectivity index (χ2v) is 5.99. The number of carbonyl (C=O) groups is 1. The molecule has 7 nitrogen and oxygen atoms in total. The monoisotopic (exact) mass is 344 g/mol. The highest BCUT2D eigenvalue weighted by Gasteiger charge is 2.07. The van der Waals surface area contributed by atoms with Crippen molar-refractivity contribution in [3.8, 4) is 11.5 Å². The van der Waals surface area contributed by atoms with E-state index in [1.54, 1.807) is 26.4 Å². The standard InChI is InChI=1S/C18H24N4O3/c1-12(2)9-18(23)20-17-8-7-16(21-22-17)19-11-13-5-6-14(24-3)15(10-13)25-4/h5-8,10,12H,9,11H2,1-4H3,(H,19,21)(H,20,22,23). The summed E-state index contributed by atoms with van der Waals surface area (Å²) in [7, 11) is 3.21. The van der Waals surface area contributed by atoms with Gasteiger partial charge in [-0.2, -0.15) is 0 Å². The molecule has 1 aromatic carbocycles. The summed E-state index contributed by atoms with van der Waals surface area (Å²) in [6.07, 6.45) is 0.459. The van der Waals surface area contributed by atoms with E-state index >= 15 is 0 Å². The van der Waals surface area contributed by atoms with Gasteiger partial charge in [-0.1, -0.05) is 19.9 Å². The van der Waals surface area contributed by atoms with Gasteiger partial charge >= 0.3 is 0 Å². The van der Waals surface area contributed by atoms with Crippen LogP contribution in [0.3, 0.4) is 0 Å². The number of methoxy groups -OCH3 is 2. The van der Waals surface area contributed by atoms with Crippen molar-refractivity contribution < 1.29 is 14.3 Å². The van der Waals surface area contributed by atoms with Gasteiger partial charge in [-0.15, -0.1) is 10.2 Å². The van der Waals surface area contributed by atoms with Gasteiger partial charge in [-0.25, -0.2) is 0 Å². The Bertz CT molecular complexity index is 702. The Kier molecular flexibility index (Phi) is 6.56. The van der Waals surface area contributed by atoms with Gasteiger partial charge in [0.2, 0.25) is 5.91 Å². The van der Waals surface area contributed by atoms with Crippen molar-refractivity contribution in [1.82, 2.24) is 10.2 Å². The average Bonchev–Trinajstić information content (AvgIpc) is 2.60. The third-order valence-electron chi connectivity index (χ3n) is 3.45. The molecule has 2 rings (SSSR count). The van der Waals surface area contributed by atoms with Crippen molar-refractivity contribution in [2.75, 3.05) is 24.9 Å². The van der Waals surface area contributed by atoms with Gasteiger partial charge in [0.25, 0.3) is 0 Å². The summed E-state index contributed by atoms with van der Waals surface area (Å²) >= 11 is 0. The number of rotatable bonds is 8. The lowest BCUT2D eigenvalue weighted by molar-refractivity contribution is -0.116. The van der Waals surface area contributed by atoms with Gasteiger partial charge in [-0.05, 0) is 35.7 Å². The number of ether oxygens (including phenoxy) is 2. The van der Waals surface area contributed by atoms with Crippen molar-refractivity contribution in [3.63, 3.8) is 0 Å². The highest BCUT2D eigenvalue weighted by molar-refractivity contribution is 5.89. The Labute approximate surface area is 147 Å². The molecule has 0 fully saturated rings. The lowest BCUT2D eigenvalue weighted by atomic mass is 10.1. The first-order valence-electron chi connectivity index (χ1n) is 8.10. The minimum absolute atomic E-state index is 0.0599. The predicted octanol–water partition coefficient (Wildman–Crippen LogP) is 3.09. The smallest absolute Gasteiger partial charge is 0.225 e. The number of benzene rings is 1. The molecule has 0 unspecified atom stereocenters. The van der Waals surface area contributed by atoms with Crippen molar-refractivity contribution in [2.24, 2.45) is 5.92 Å². The zero-order chi connectivity index (χ0) is 18.2. The van der Waals surface area contributed by atoms with Gasteiger partial charge in [-0.3, -0.25) is 4.79 Å². The Balaban J connectivity index is 1.92. The maximum Gasteiger partial charge on any atom is 0.225 e. The number of aromatic nitrogens is 2. The Morgan fingerprint density at radius 1 is 1.04 bits per heavy atom.